The summed E-state index contributed by atoms with van der Waals surface area (Å²) in [5, 5.41) is 15.2. The number of aromatic nitrogens is 2. The summed E-state index contributed by atoms with van der Waals surface area (Å²) in [6.07, 6.45) is 0.758. The normalized spacial score (nSPS) is 11.9. The van der Waals surface area contributed by atoms with E-state index in [1.54, 1.807) is 24.3 Å². The molecule has 2 N–H and O–H groups in total. The number of carbonyl (C=O) groups excluding carboxylic acids is 2. The van der Waals surface area contributed by atoms with Crippen molar-refractivity contribution in [2.45, 2.75) is 33.1 Å². The Morgan fingerprint density at radius 3 is 2.45 bits per heavy atom. The topological polar surface area (TPSA) is 84.0 Å². The Morgan fingerprint density at radius 2 is 1.72 bits per heavy atom. The van der Waals surface area contributed by atoms with Gasteiger partial charge < -0.3 is 5.32 Å². The third-order valence-corrected chi connectivity index (χ3v) is 5.31. The zero-order valence-corrected chi connectivity index (χ0v) is 17.5. The van der Waals surface area contributed by atoms with E-state index in [9.17, 15) is 9.59 Å². The Bertz CT molecular complexity index is 985. The molecule has 3 aromatic rings. The van der Waals surface area contributed by atoms with Crippen LogP contribution in [0.4, 0.5) is 10.8 Å². The van der Waals surface area contributed by atoms with E-state index < -0.39 is 0 Å². The van der Waals surface area contributed by atoms with Crippen LogP contribution < -0.4 is 10.6 Å². The van der Waals surface area contributed by atoms with Gasteiger partial charge in [0.05, 0.1) is 0 Å². The lowest BCUT2D eigenvalue weighted by molar-refractivity contribution is -0.118. The lowest BCUT2D eigenvalue weighted by Crippen LogP contribution is -2.18. The molecule has 0 aliphatic carbocycles. The second-order valence-electron chi connectivity index (χ2n) is 7.20. The van der Waals surface area contributed by atoms with E-state index in [1.807, 2.05) is 32.0 Å². The maximum atomic E-state index is 12.6. The maximum absolute atomic E-state index is 12.6. The summed E-state index contributed by atoms with van der Waals surface area (Å²) in [7, 11) is 0. The van der Waals surface area contributed by atoms with Crippen LogP contribution in [0.5, 0.6) is 0 Å². The van der Waals surface area contributed by atoms with Gasteiger partial charge in [0.15, 0.2) is 0 Å². The molecule has 1 aromatic heterocycles. The van der Waals surface area contributed by atoms with Gasteiger partial charge in [-0.25, -0.2) is 0 Å². The average Bonchev–Trinajstić information content (AvgIpc) is 3.15. The molecule has 3 rings (SSSR count). The average molecular weight is 409 g/mol. The Balaban J connectivity index is 1.62. The maximum Gasteiger partial charge on any atom is 0.257 e. The first-order valence-electron chi connectivity index (χ1n) is 9.52. The smallest absolute Gasteiger partial charge is 0.257 e. The highest BCUT2D eigenvalue weighted by molar-refractivity contribution is 7.15. The number of carbonyl (C=O) groups is 2. The quantitative estimate of drug-likeness (QED) is 0.592. The van der Waals surface area contributed by atoms with E-state index in [1.165, 1.54) is 16.9 Å². The molecule has 7 heteroatoms. The fourth-order valence-electron chi connectivity index (χ4n) is 2.74. The van der Waals surface area contributed by atoms with Crippen LogP contribution in [0.2, 0.25) is 0 Å². The van der Waals surface area contributed by atoms with Gasteiger partial charge in [0.2, 0.25) is 11.0 Å². The van der Waals surface area contributed by atoms with Crippen molar-refractivity contribution in [1.82, 2.24) is 10.2 Å². The van der Waals surface area contributed by atoms with E-state index in [0.29, 0.717) is 22.3 Å². The van der Waals surface area contributed by atoms with E-state index in [4.69, 9.17) is 0 Å². The molecular weight excluding hydrogens is 384 g/mol. The minimum absolute atomic E-state index is 0.0936. The molecule has 0 fully saturated rings. The molecule has 0 aliphatic heterocycles. The number of hydrogen-bond donors (Lipinski definition) is 2. The summed E-state index contributed by atoms with van der Waals surface area (Å²) in [4.78, 5) is 24.4. The van der Waals surface area contributed by atoms with Crippen molar-refractivity contribution in [2.75, 3.05) is 10.6 Å². The van der Waals surface area contributed by atoms with E-state index in [2.05, 4.69) is 39.9 Å². The van der Waals surface area contributed by atoms with Crippen LogP contribution in [0.3, 0.4) is 0 Å². The fraction of sp³-hybridized carbons (Fsp3) is 0.273. The molecule has 6 nitrogen and oxygen atoms in total. The molecule has 2 amide bonds. The summed E-state index contributed by atoms with van der Waals surface area (Å²) in [6.45, 7) is 5.78. The number of benzene rings is 2. The van der Waals surface area contributed by atoms with Crippen LogP contribution in [-0.4, -0.2) is 22.0 Å². The van der Waals surface area contributed by atoms with E-state index >= 15 is 0 Å². The summed E-state index contributed by atoms with van der Waals surface area (Å²) in [5.41, 5.74) is 2.28. The van der Waals surface area contributed by atoms with Crippen LogP contribution >= 0.6 is 11.3 Å². The van der Waals surface area contributed by atoms with Gasteiger partial charge in [-0.3, -0.25) is 14.9 Å². The molecule has 29 heavy (non-hydrogen) atoms. The molecule has 2 aromatic carbocycles. The van der Waals surface area contributed by atoms with Gasteiger partial charge in [0, 0.05) is 23.6 Å². The van der Waals surface area contributed by atoms with Crippen LogP contribution in [0.1, 0.15) is 47.6 Å². The second kappa shape index (κ2) is 9.43. The Hall–Kier alpha value is -3.06. The predicted molar refractivity (Wildman–Crippen MR) is 116 cm³/mol. The van der Waals surface area contributed by atoms with Gasteiger partial charge >= 0.3 is 0 Å². The molecule has 0 aliphatic rings. The third kappa shape index (κ3) is 5.71. The molecule has 150 valence electrons. The molecule has 0 unspecified atom stereocenters. The zero-order valence-electron chi connectivity index (χ0n) is 16.7. The Morgan fingerprint density at radius 1 is 0.966 bits per heavy atom. The first-order valence-corrected chi connectivity index (χ1v) is 10.3. The predicted octanol–water partition coefficient (Wildman–Crippen LogP) is 4.73. The molecule has 0 spiro atoms. The third-order valence-electron chi connectivity index (χ3n) is 4.45. The van der Waals surface area contributed by atoms with Crippen molar-refractivity contribution >= 4 is 34.0 Å². The van der Waals surface area contributed by atoms with Crippen molar-refractivity contribution < 1.29 is 9.59 Å². The molecule has 0 radical (unpaired) electrons. The van der Waals surface area contributed by atoms with Crippen LogP contribution in [0.15, 0.2) is 54.6 Å². The summed E-state index contributed by atoms with van der Waals surface area (Å²) in [6, 6.07) is 17.1. The number of nitrogens with zero attached hydrogens (tertiary/aromatic N) is 2. The molecule has 1 heterocycles. The van der Waals surface area contributed by atoms with Crippen molar-refractivity contribution in [2.24, 2.45) is 5.92 Å². The minimum Gasteiger partial charge on any atom is -0.326 e. The van der Waals surface area contributed by atoms with E-state index in [0.717, 1.165) is 11.4 Å². The molecule has 1 atom stereocenters. The van der Waals surface area contributed by atoms with Gasteiger partial charge in [-0.15, -0.1) is 10.2 Å². The highest BCUT2D eigenvalue weighted by atomic mass is 32.1. The van der Waals surface area contributed by atoms with Crippen molar-refractivity contribution in [3.05, 3.63) is 70.7 Å². The van der Waals surface area contributed by atoms with Crippen molar-refractivity contribution in [1.29, 1.82) is 0 Å². The molecular formula is C22H24N4O2S. The number of hydrogen-bond acceptors (Lipinski definition) is 5. The zero-order chi connectivity index (χ0) is 20.8. The second-order valence-corrected chi connectivity index (χ2v) is 8.26. The molecule has 0 bridgehead atoms. The Kier molecular flexibility index (Phi) is 6.72. The first kappa shape index (κ1) is 20.7. The summed E-state index contributed by atoms with van der Waals surface area (Å²) < 4.78 is 0. The van der Waals surface area contributed by atoms with Gasteiger partial charge in [0.25, 0.3) is 5.91 Å². The van der Waals surface area contributed by atoms with Crippen molar-refractivity contribution in [3.63, 3.8) is 0 Å². The highest BCUT2D eigenvalue weighted by Gasteiger charge is 2.14. The highest BCUT2D eigenvalue weighted by Crippen LogP contribution is 2.24. The monoisotopic (exact) mass is 408 g/mol. The van der Waals surface area contributed by atoms with Gasteiger partial charge in [-0.2, -0.15) is 0 Å². The Labute approximate surface area is 174 Å². The number of rotatable bonds is 7. The molecule has 0 saturated carbocycles. The lowest BCUT2D eigenvalue weighted by Gasteiger charge is -2.09. The SMILES string of the molecule is CC(C)C(=O)Nc1cccc(C(=O)Nc2nnc(C[C@H](C)c3ccccc3)s2)c1. The molecule has 0 saturated heterocycles. The standard InChI is InChI=1S/C22H24N4O2S/c1-14(2)20(27)23-18-11-7-10-17(13-18)21(28)24-22-26-25-19(29-22)12-15(3)16-8-5-4-6-9-16/h4-11,13-15H,12H2,1-3H3,(H,23,27)(H,24,26,28)/t15-/m0/s1. The minimum atomic E-state index is -0.288. The van der Waals surface area contributed by atoms with E-state index in [-0.39, 0.29) is 17.7 Å². The van der Waals surface area contributed by atoms with Crippen LogP contribution in [0, 0.1) is 5.92 Å². The first-order chi connectivity index (χ1) is 13.9. The largest absolute Gasteiger partial charge is 0.326 e. The fourth-order valence-corrected chi connectivity index (χ4v) is 3.61. The van der Waals surface area contributed by atoms with Gasteiger partial charge in [-0.1, -0.05) is 68.5 Å². The number of anilines is 2. The van der Waals surface area contributed by atoms with Gasteiger partial charge in [-0.05, 0) is 29.7 Å². The summed E-state index contributed by atoms with van der Waals surface area (Å²) >= 11 is 1.37. The number of amides is 2. The van der Waals surface area contributed by atoms with Crippen molar-refractivity contribution in [3.8, 4) is 0 Å². The lowest BCUT2D eigenvalue weighted by atomic mass is 9.98. The number of nitrogens with one attached hydrogen (secondary N) is 2. The van der Waals surface area contributed by atoms with Crippen LogP contribution in [-0.2, 0) is 11.2 Å². The summed E-state index contributed by atoms with van der Waals surface area (Å²) in [5.74, 6) is -0.201. The van der Waals surface area contributed by atoms with Gasteiger partial charge in [0.1, 0.15) is 5.01 Å². The van der Waals surface area contributed by atoms with Crippen LogP contribution in [0.25, 0.3) is 0 Å².